The third kappa shape index (κ3) is 7.80. The van der Waals surface area contributed by atoms with Gasteiger partial charge >= 0.3 is 6.09 Å². The molecule has 1 aliphatic heterocycles. The Morgan fingerprint density at radius 1 is 1.09 bits per heavy atom. The average Bonchev–Trinajstić information content (AvgIpc) is 3.51. The lowest BCUT2D eigenvalue weighted by molar-refractivity contribution is -0.144. The molecule has 0 aromatic rings. The summed E-state index contributed by atoms with van der Waals surface area (Å²) in [6.07, 6.45) is 4.77. The highest BCUT2D eigenvalue weighted by atomic mass is 16.4. The number of ketones is 1. The fraction of sp³-hybridized carbons (Fsp3) is 0.773. The zero-order chi connectivity index (χ0) is 23.8. The van der Waals surface area contributed by atoms with E-state index in [2.05, 4.69) is 10.6 Å². The number of carboxylic acid groups (broad SMARTS) is 1. The number of amides is 4. The fourth-order valence-electron chi connectivity index (χ4n) is 4.19. The Hall–Kier alpha value is -2.65. The van der Waals surface area contributed by atoms with Crippen molar-refractivity contribution in [2.75, 3.05) is 6.54 Å². The highest BCUT2D eigenvalue weighted by molar-refractivity contribution is 6.37. The van der Waals surface area contributed by atoms with Crippen LogP contribution in [0.25, 0.3) is 0 Å². The lowest BCUT2D eigenvalue weighted by Gasteiger charge is -2.35. The van der Waals surface area contributed by atoms with Crippen molar-refractivity contribution < 1.29 is 29.1 Å². The van der Waals surface area contributed by atoms with E-state index in [-0.39, 0.29) is 11.8 Å². The van der Waals surface area contributed by atoms with E-state index in [9.17, 15) is 29.1 Å². The van der Waals surface area contributed by atoms with Gasteiger partial charge in [-0.1, -0.05) is 46.0 Å². The summed E-state index contributed by atoms with van der Waals surface area (Å²) in [5.74, 6) is -2.56. The monoisotopic (exact) mass is 452 g/mol. The summed E-state index contributed by atoms with van der Waals surface area (Å²) < 4.78 is 0. The molecule has 1 saturated heterocycles. The number of rotatable bonds is 10. The van der Waals surface area contributed by atoms with Crippen LogP contribution in [0, 0.1) is 11.8 Å². The smallest absolute Gasteiger partial charge is 0.405 e. The Kier molecular flexibility index (Phi) is 9.46. The summed E-state index contributed by atoms with van der Waals surface area (Å²) >= 11 is 0. The van der Waals surface area contributed by atoms with Crippen LogP contribution in [0.5, 0.6) is 0 Å². The second-order valence-electron chi connectivity index (χ2n) is 9.35. The molecule has 32 heavy (non-hydrogen) atoms. The summed E-state index contributed by atoms with van der Waals surface area (Å²) in [6.45, 7) is 4.16. The molecular formula is C22H36N4O6. The van der Waals surface area contributed by atoms with E-state index in [0.717, 1.165) is 25.7 Å². The standard InChI is InChI=1S/C22H36N4O6/c1-13(2)11-17(20(29)24-16(12-14-8-9-14)18(27)19(23)28)26-10-6-4-3-5-7-15(21(26)30)25-22(31)32/h13-17,25H,3-12H2,1-2H3,(H2,23,28)(H,24,29)(H,31,32)/t15-,16?,17-/m0/s1. The normalized spacial score (nSPS) is 21.7. The van der Waals surface area contributed by atoms with Gasteiger partial charge in [-0.15, -0.1) is 0 Å². The van der Waals surface area contributed by atoms with Gasteiger partial charge < -0.3 is 26.4 Å². The Balaban J connectivity index is 2.27. The number of nitrogens with one attached hydrogen (secondary N) is 2. The number of nitrogens with two attached hydrogens (primary N) is 1. The molecule has 180 valence electrons. The number of nitrogens with zero attached hydrogens (tertiary/aromatic N) is 1. The molecule has 0 aromatic heterocycles. The van der Waals surface area contributed by atoms with E-state index in [1.54, 1.807) is 0 Å². The second kappa shape index (κ2) is 11.8. The van der Waals surface area contributed by atoms with E-state index in [1.165, 1.54) is 4.90 Å². The molecule has 2 fully saturated rings. The van der Waals surface area contributed by atoms with Crippen molar-refractivity contribution in [3.8, 4) is 0 Å². The first-order chi connectivity index (χ1) is 15.1. The van der Waals surface area contributed by atoms with Gasteiger partial charge in [-0.05, 0) is 37.5 Å². The van der Waals surface area contributed by atoms with Gasteiger partial charge in [-0.2, -0.15) is 0 Å². The van der Waals surface area contributed by atoms with Gasteiger partial charge in [0.1, 0.15) is 12.1 Å². The SMILES string of the molecule is CC(C)C[C@@H](C(=O)NC(CC1CC1)C(=O)C(N)=O)N1CCCCCC[C@H](NC(=O)O)C1=O. The van der Waals surface area contributed by atoms with E-state index in [0.29, 0.717) is 38.6 Å². The predicted molar refractivity (Wildman–Crippen MR) is 116 cm³/mol. The van der Waals surface area contributed by atoms with Crippen LogP contribution in [0.1, 0.15) is 71.6 Å². The van der Waals surface area contributed by atoms with E-state index < -0.39 is 47.7 Å². The summed E-state index contributed by atoms with van der Waals surface area (Å²) in [5, 5.41) is 14.1. The van der Waals surface area contributed by atoms with E-state index in [1.807, 2.05) is 13.8 Å². The Bertz CT molecular complexity index is 721. The third-order valence-electron chi connectivity index (χ3n) is 6.04. The van der Waals surface area contributed by atoms with Crippen molar-refractivity contribution in [3.05, 3.63) is 0 Å². The Morgan fingerprint density at radius 2 is 1.75 bits per heavy atom. The minimum atomic E-state index is -1.29. The number of hydrogen-bond acceptors (Lipinski definition) is 5. The molecular weight excluding hydrogens is 416 g/mol. The van der Waals surface area contributed by atoms with Crippen molar-refractivity contribution in [1.29, 1.82) is 0 Å². The second-order valence-corrected chi connectivity index (χ2v) is 9.35. The summed E-state index contributed by atoms with van der Waals surface area (Å²) in [4.78, 5) is 63.1. The van der Waals surface area contributed by atoms with E-state index >= 15 is 0 Å². The Morgan fingerprint density at radius 3 is 2.31 bits per heavy atom. The van der Waals surface area contributed by atoms with Crippen LogP contribution >= 0.6 is 0 Å². The Labute approximate surface area is 188 Å². The number of Topliss-reactive ketones (excluding diaryl/α,β-unsaturated/α-hetero) is 1. The first kappa shape index (κ1) is 25.6. The maximum Gasteiger partial charge on any atom is 0.405 e. The molecule has 2 rings (SSSR count). The van der Waals surface area contributed by atoms with Crippen LogP contribution in [-0.2, 0) is 19.2 Å². The van der Waals surface area contributed by atoms with Crippen LogP contribution in [0.15, 0.2) is 0 Å². The van der Waals surface area contributed by atoms with Crippen molar-refractivity contribution >= 4 is 29.6 Å². The van der Waals surface area contributed by atoms with Crippen molar-refractivity contribution in [2.45, 2.75) is 89.8 Å². The first-order valence-electron chi connectivity index (χ1n) is 11.5. The zero-order valence-corrected chi connectivity index (χ0v) is 19.0. The van der Waals surface area contributed by atoms with E-state index in [4.69, 9.17) is 5.73 Å². The highest BCUT2D eigenvalue weighted by Gasteiger charge is 2.38. The first-order valence-corrected chi connectivity index (χ1v) is 11.5. The summed E-state index contributed by atoms with van der Waals surface area (Å²) in [6, 6.07) is -2.81. The maximum absolute atomic E-state index is 13.3. The highest BCUT2D eigenvalue weighted by Crippen LogP contribution is 2.33. The van der Waals surface area contributed by atoms with Crippen LogP contribution < -0.4 is 16.4 Å². The molecule has 0 radical (unpaired) electrons. The minimum Gasteiger partial charge on any atom is -0.465 e. The molecule has 1 saturated carbocycles. The van der Waals surface area contributed by atoms with Gasteiger partial charge in [0, 0.05) is 6.54 Å². The zero-order valence-electron chi connectivity index (χ0n) is 19.0. The minimum absolute atomic E-state index is 0.0609. The van der Waals surface area contributed by atoms with Gasteiger partial charge in [0.2, 0.25) is 17.6 Å². The van der Waals surface area contributed by atoms with Crippen molar-refractivity contribution in [1.82, 2.24) is 15.5 Å². The molecule has 1 heterocycles. The molecule has 10 nitrogen and oxygen atoms in total. The van der Waals surface area contributed by atoms with Crippen molar-refractivity contribution in [3.63, 3.8) is 0 Å². The third-order valence-corrected chi connectivity index (χ3v) is 6.04. The predicted octanol–water partition coefficient (Wildman–Crippen LogP) is 1.17. The average molecular weight is 453 g/mol. The summed E-state index contributed by atoms with van der Waals surface area (Å²) in [5.41, 5.74) is 5.18. The topological polar surface area (TPSA) is 159 Å². The fourth-order valence-corrected chi connectivity index (χ4v) is 4.19. The molecule has 3 atom stereocenters. The number of hydrogen-bond donors (Lipinski definition) is 4. The van der Waals surface area contributed by atoms with Crippen molar-refractivity contribution in [2.24, 2.45) is 17.6 Å². The molecule has 0 spiro atoms. The van der Waals surface area contributed by atoms with Gasteiger partial charge in [-0.25, -0.2) is 4.79 Å². The lowest BCUT2D eigenvalue weighted by Crippen LogP contribution is -2.58. The maximum atomic E-state index is 13.3. The molecule has 0 aromatic carbocycles. The number of primary amides is 1. The number of carbonyl (C=O) groups is 5. The molecule has 10 heteroatoms. The number of carbonyl (C=O) groups excluding carboxylic acids is 4. The van der Waals surface area contributed by atoms with Gasteiger partial charge in [0.15, 0.2) is 0 Å². The lowest BCUT2D eigenvalue weighted by atomic mass is 9.98. The molecule has 4 amide bonds. The molecule has 1 aliphatic carbocycles. The quantitative estimate of drug-likeness (QED) is 0.364. The van der Waals surface area contributed by atoms with Crippen LogP contribution in [0.4, 0.5) is 4.79 Å². The molecule has 1 unspecified atom stereocenters. The van der Waals surface area contributed by atoms with Crippen LogP contribution in [0.3, 0.4) is 0 Å². The molecule has 0 bridgehead atoms. The largest absolute Gasteiger partial charge is 0.465 e. The van der Waals surface area contributed by atoms with Gasteiger partial charge in [-0.3, -0.25) is 19.2 Å². The van der Waals surface area contributed by atoms with Gasteiger partial charge in [0.05, 0.1) is 6.04 Å². The molecule has 5 N–H and O–H groups in total. The van der Waals surface area contributed by atoms with Gasteiger partial charge in [0.25, 0.3) is 5.91 Å². The molecule has 2 aliphatic rings. The summed E-state index contributed by atoms with van der Waals surface area (Å²) in [7, 11) is 0. The van der Waals surface area contributed by atoms with Crippen LogP contribution in [-0.4, -0.2) is 64.3 Å². The van der Waals surface area contributed by atoms with Crippen LogP contribution in [0.2, 0.25) is 0 Å².